The first-order valence-corrected chi connectivity index (χ1v) is 12.7. The molecule has 1 aliphatic heterocycles. The van der Waals surface area contributed by atoms with E-state index in [-0.39, 0.29) is 23.2 Å². The molecule has 0 bridgehead atoms. The second-order valence-electron chi connectivity index (χ2n) is 8.12. The van der Waals surface area contributed by atoms with E-state index in [9.17, 15) is 17.6 Å². The van der Waals surface area contributed by atoms with E-state index in [0.717, 1.165) is 9.87 Å². The number of amides is 1. The third kappa shape index (κ3) is 5.18. The van der Waals surface area contributed by atoms with Crippen LogP contribution >= 0.6 is 11.6 Å². The van der Waals surface area contributed by atoms with Crippen molar-refractivity contribution in [2.75, 3.05) is 41.9 Å². The molecular weight excluding hydrogens is 477 g/mol. The van der Waals surface area contributed by atoms with Gasteiger partial charge in [0.15, 0.2) is 0 Å². The van der Waals surface area contributed by atoms with Crippen molar-refractivity contribution in [1.29, 1.82) is 0 Å². The summed E-state index contributed by atoms with van der Waals surface area (Å²) in [6.07, 6.45) is 0. The standard InChI is InChI=1S/C25H25ClFN3O3S/c1-19-9-11-22(12-10-19)34(32,33)30(21-6-4-5-20(26)17-21)18-25(31)29-15-13-28(14-16-29)24-8-3-2-7-23(24)27/h2-12,17H,13-16,18H2,1H3. The molecule has 0 aromatic heterocycles. The summed E-state index contributed by atoms with van der Waals surface area (Å²) in [4.78, 5) is 16.8. The molecule has 0 radical (unpaired) electrons. The average molecular weight is 502 g/mol. The van der Waals surface area contributed by atoms with Crippen LogP contribution in [-0.2, 0) is 14.8 Å². The van der Waals surface area contributed by atoms with Gasteiger partial charge in [0.1, 0.15) is 12.4 Å². The Morgan fingerprint density at radius 2 is 1.65 bits per heavy atom. The van der Waals surface area contributed by atoms with Crippen molar-refractivity contribution in [2.24, 2.45) is 0 Å². The number of aryl methyl sites for hydroxylation is 1. The van der Waals surface area contributed by atoms with E-state index in [0.29, 0.717) is 42.6 Å². The third-order valence-electron chi connectivity index (χ3n) is 5.81. The number of para-hydroxylation sites is 1. The summed E-state index contributed by atoms with van der Waals surface area (Å²) in [5.41, 5.74) is 1.74. The summed E-state index contributed by atoms with van der Waals surface area (Å²) >= 11 is 6.13. The zero-order chi connectivity index (χ0) is 24.3. The molecule has 0 saturated carbocycles. The van der Waals surface area contributed by atoms with Gasteiger partial charge in [0.05, 0.1) is 16.3 Å². The number of carbonyl (C=O) groups is 1. The summed E-state index contributed by atoms with van der Waals surface area (Å²) in [6, 6.07) is 19.4. The summed E-state index contributed by atoms with van der Waals surface area (Å²) < 4.78 is 42.2. The highest BCUT2D eigenvalue weighted by Crippen LogP contribution is 2.27. The molecule has 178 valence electrons. The van der Waals surface area contributed by atoms with Crippen LogP contribution in [0.5, 0.6) is 0 Å². The van der Waals surface area contributed by atoms with Crippen molar-refractivity contribution >= 4 is 38.9 Å². The van der Waals surface area contributed by atoms with Gasteiger partial charge in [0.25, 0.3) is 10.0 Å². The molecule has 0 N–H and O–H groups in total. The lowest BCUT2D eigenvalue weighted by atomic mass is 10.2. The van der Waals surface area contributed by atoms with Gasteiger partial charge in [-0.3, -0.25) is 9.10 Å². The van der Waals surface area contributed by atoms with Gasteiger partial charge in [-0.15, -0.1) is 0 Å². The van der Waals surface area contributed by atoms with E-state index in [1.165, 1.54) is 24.3 Å². The highest BCUT2D eigenvalue weighted by Gasteiger charge is 2.30. The Kier molecular flexibility index (Phi) is 7.09. The van der Waals surface area contributed by atoms with Crippen LogP contribution in [0.15, 0.2) is 77.7 Å². The number of carbonyl (C=O) groups excluding carboxylic acids is 1. The maximum absolute atomic E-state index is 14.1. The third-order valence-corrected chi connectivity index (χ3v) is 7.83. The van der Waals surface area contributed by atoms with Crippen molar-refractivity contribution in [2.45, 2.75) is 11.8 Å². The van der Waals surface area contributed by atoms with Crippen LogP contribution in [0.25, 0.3) is 0 Å². The molecule has 3 aromatic carbocycles. The quantitative estimate of drug-likeness (QED) is 0.504. The van der Waals surface area contributed by atoms with Gasteiger partial charge in [-0.25, -0.2) is 12.8 Å². The fourth-order valence-corrected chi connectivity index (χ4v) is 5.50. The molecule has 9 heteroatoms. The molecule has 1 amide bonds. The molecule has 34 heavy (non-hydrogen) atoms. The number of benzene rings is 3. The molecule has 6 nitrogen and oxygen atoms in total. The van der Waals surface area contributed by atoms with Crippen LogP contribution in [0.1, 0.15) is 5.56 Å². The highest BCUT2D eigenvalue weighted by atomic mass is 35.5. The van der Waals surface area contributed by atoms with E-state index in [2.05, 4.69) is 0 Å². The number of anilines is 2. The minimum atomic E-state index is -4.01. The Bertz CT molecular complexity index is 1280. The van der Waals surface area contributed by atoms with E-state index in [1.54, 1.807) is 53.4 Å². The molecule has 3 aromatic rings. The van der Waals surface area contributed by atoms with Crippen LogP contribution in [0.2, 0.25) is 5.02 Å². The first kappa shape index (κ1) is 24.0. The maximum Gasteiger partial charge on any atom is 0.264 e. The molecule has 0 atom stereocenters. The van der Waals surface area contributed by atoms with Crippen molar-refractivity contribution in [3.8, 4) is 0 Å². The molecular formula is C25H25ClFN3O3S. The second kappa shape index (κ2) is 10.0. The fourth-order valence-electron chi connectivity index (χ4n) is 3.91. The number of sulfonamides is 1. The van der Waals surface area contributed by atoms with Gasteiger partial charge >= 0.3 is 0 Å². The van der Waals surface area contributed by atoms with E-state index >= 15 is 0 Å². The number of rotatable bonds is 6. The van der Waals surface area contributed by atoms with Crippen LogP contribution < -0.4 is 9.21 Å². The second-order valence-corrected chi connectivity index (χ2v) is 10.4. The molecule has 1 heterocycles. The topological polar surface area (TPSA) is 60.9 Å². The average Bonchev–Trinajstić information content (AvgIpc) is 2.83. The Balaban J connectivity index is 1.54. The molecule has 1 saturated heterocycles. The molecule has 1 fully saturated rings. The molecule has 1 aliphatic rings. The lowest BCUT2D eigenvalue weighted by Crippen LogP contribution is -2.52. The van der Waals surface area contributed by atoms with E-state index in [4.69, 9.17) is 11.6 Å². The Labute approximate surface area is 204 Å². The first-order valence-electron chi connectivity index (χ1n) is 10.9. The fraction of sp³-hybridized carbons (Fsp3) is 0.240. The summed E-state index contributed by atoms with van der Waals surface area (Å²) in [7, 11) is -4.01. The lowest BCUT2D eigenvalue weighted by molar-refractivity contribution is -0.129. The van der Waals surface area contributed by atoms with Crippen molar-refractivity contribution in [3.05, 3.63) is 89.2 Å². The molecule has 0 aliphatic carbocycles. The number of piperazine rings is 1. The largest absolute Gasteiger partial charge is 0.366 e. The Morgan fingerprint density at radius 3 is 2.29 bits per heavy atom. The normalized spacial score (nSPS) is 14.2. The minimum absolute atomic E-state index is 0.0928. The minimum Gasteiger partial charge on any atom is -0.366 e. The van der Waals surface area contributed by atoms with Crippen LogP contribution in [0.4, 0.5) is 15.8 Å². The Morgan fingerprint density at radius 1 is 0.971 bits per heavy atom. The smallest absolute Gasteiger partial charge is 0.264 e. The summed E-state index contributed by atoms with van der Waals surface area (Å²) in [5, 5.41) is 0.368. The van der Waals surface area contributed by atoms with Crippen LogP contribution in [-0.4, -0.2) is 51.9 Å². The van der Waals surface area contributed by atoms with Gasteiger partial charge in [-0.1, -0.05) is 47.5 Å². The van der Waals surface area contributed by atoms with Gasteiger partial charge in [-0.05, 0) is 49.4 Å². The molecule has 4 rings (SSSR count). The van der Waals surface area contributed by atoms with Crippen molar-refractivity contribution in [1.82, 2.24) is 4.90 Å². The van der Waals surface area contributed by atoms with Crippen molar-refractivity contribution in [3.63, 3.8) is 0 Å². The highest BCUT2D eigenvalue weighted by molar-refractivity contribution is 7.92. The van der Waals surface area contributed by atoms with E-state index < -0.39 is 10.0 Å². The summed E-state index contributed by atoms with van der Waals surface area (Å²) in [6.45, 7) is 3.14. The predicted molar refractivity (Wildman–Crippen MR) is 132 cm³/mol. The SMILES string of the molecule is Cc1ccc(S(=O)(=O)N(CC(=O)N2CCN(c3ccccc3F)CC2)c2cccc(Cl)c2)cc1. The van der Waals surface area contributed by atoms with Gasteiger partial charge < -0.3 is 9.80 Å². The Hall–Kier alpha value is -3.10. The monoisotopic (exact) mass is 501 g/mol. The number of hydrogen-bond acceptors (Lipinski definition) is 4. The number of nitrogens with zero attached hydrogens (tertiary/aromatic N) is 3. The number of hydrogen-bond donors (Lipinski definition) is 0. The lowest BCUT2D eigenvalue weighted by Gasteiger charge is -2.37. The predicted octanol–water partition coefficient (Wildman–Crippen LogP) is 4.33. The van der Waals surface area contributed by atoms with E-state index in [1.807, 2.05) is 11.8 Å². The van der Waals surface area contributed by atoms with Crippen LogP contribution in [0.3, 0.4) is 0 Å². The zero-order valence-electron chi connectivity index (χ0n) is 18.7. The van der Waals surface area contributed by atoms with Gasteiger partial charge in [0.2, 0.25) is 5.91 Å². The molecule has 0 spiro atoms. The van der Waals surface area contributed by atoms with Crippen LogP contribution in [0, 0.1) is 12.7 Å². The maximum atomic E-state index is 14.1. The zero-order valence-corrected chi connectivity index (χ0v) is 20.3. The van der Waals surface area contributed by atoms with Gasteiger partial charge in [-0.2, -0.15) is 0 Å². The van der Waals surface area contributed by atoms with Gasteiger partial charge in [0, 0.05) is 31.2 Å². The number of halogens is 2. The first-order chi connectivity index (χ1) is 16.3. The summed E-state index contributed by atoms with van der Waals surface area (Å²) in [5.74, 6) is -0.637. The molecule has 0 unspecified atom stereocenters. The van der Waals surface area contributed by atoms with Crippen molar-refractivity contribution < 1.29 is 17.6 Å².